The largest absolute Gasteiger partial charge is 0.394 e. The molecule has 0 spiro atoms. The number of carbonyl (C=O) groups is 1. The molecule has 0 aromatic carbocycles. The van der Waals surface area contributed by atoms with Crippen LogP contribution in [0.15, 0.2) is 23.8 Å². The molecule has 0 aromatic heterocycles. The van der Waals surface area contributed by atoms with Crippen molar-refractivity contribution in [3.8, 4) is 0 Å². The standard InChI is InChI=1S/C38H71NO8/c1-4-6-8-10-12-13-14-15-16-18-23-27-34(42)39-31(29-46-38-37(45)36(44)35(43)33(28-40)47-38)32(41)26-22-19-21-25-30(3)24-20-17-11-9-7-5-2/h22,25-26,31-33,35-38,40-41,43-45H,4-21,23-24,27-29H2,1-3H3,(H,39,42)/b26-22+,30-25+/t31-,32+,33+,35+,36-,37+,38-/m0/s1. The first kappa shape index (κ1) is 43.7. The van der Waals surface area contributed by atoms with Crippen LogP contribution in [0.3, 0.4) is 0 Å². The van der Waals surface area contributed by atoms with Crippen LogP contribution in [0.25, 0.3) is 0 Å². The molecular formula is C38H71NO8. The van der Waals surface area contributed by atoms with E-state index >= 15 is 0 Å². The van der Waals surface area contributed by atoms with Crippen molar-refractivity contribution >= 4 is 5.91 Å². The summed E-state index contributed by atoms with van der Waals surface area (Å²) in [6.07, 6.45) is 21.6. The van der Waals surface area contributed by atoms with Crippen LogP contribution in [0.5, 0.6) is 0 Å². The van der Waals surface area contributed by atoms with Gasteiger partial charge >= 0.3 is 0 Å². The fraction of sp³-hybridized carbons (Fsp3) is 0.868. The molecular weight excluding hydrogens is 598 g/mol. The summed E-state index contributed by atoms with van der Waals surface area (Å²) in [7, 11) is 0. The van der Waals surface area contributed by atoms with Gasteiger partial charge in [-0.3, -0.25) is 4.79 Å². The van der Waals surface area contributed by atoms with Crippen LogP contribution in [0.4, 0.5) is 0 Å². The minimum Gasteiger partial charge on any atom is -0.394 e. The molecule has 7 atom stereocenters. The Kier molecular flexibility index (Phi) is 26.5. The lowest BCUT2D eigenvalue weighted by molar-refractivity contribution is -0.302. The maximum Gasteiger partial charge on any atom is 0.220 e. The summed E-state index contributed by atoms with van der Waals surface area (Å²) < 4.78 is 11.1. The third-order valence-electron chi connectivity index (χ3n) is 9.14. The molecule has 1 aliphatic rings. The number of ether oxygens (including phenoxy) is 2. The third kappa shape index (κ3) is 20.7. The van der Waals surface area contributed by atoms with Crippen LogP contribution in [-0.2, 0) is 14.3 Å². The minimum atomic E-state index is -1.57. The Balaban J connectivity index is 2.57. The van der Waals surface area contributed by atoms with Crippen molar-refractivity contribution in [2.75, 3.05) is 13.2 Å². The van der Waals surface area contributed by atoms with Gasteiger partial charge in [0.2, 0.25) is 5.91 Å². The van der Waals surface area contributed by atoms with Crippen molar-refractivity contribution < 1.29 is 39.8 Å². The number of hydrogen-bond acceptors (Lipinski definition) is 8. The van der Waals surface area contributed by atoms with Crippen molar-refractivity contribution in [3.63, 3.8) is 0 Å². The van der Waals surface area contributed by atoms with E-state index < -0.39 is 49.5 Å². The van der Waals surface area contributed by atoms with Gasteiger partial charge in [-0.25, -0.2) is 0 Å². The number of allylic oxidation sites excluding steroid dienone is 3. The Hall–Kier alpha value is -1.33. The predicted octanol–water partition coefficient (Wildman–Crippen LogP) is 6.38. The summed E-state index contributed by atoms with van der Waals surface area (Å²) in [5, 5.41) is 53.9. The van der Waals surface area contributed by atoms with Crippen molar-refractivity contribution in [1.82, 2.24) is 5.32 Å². The first-order valence-corrected chi connectivity index (χ1v) is 19.0. The molecule has 1 aliphatic heterocycles. The van der Waals surface area contributed by atoms with Gasteiger partial charge in [0, 0.05) is 6.42 Å². The average Bonchev–Trinajstić information content (AvgIpc) is 3.06. The number of carbonyl (C=O) groups excluding carboxylic acids is 1. The zero-order chi connectivity index (χ0) is 34.7. The van der Waals surface area contributed by atoms with E-state index in [1.165, 1.54) is 95.5 Å². The highest BCUT2D eigenvalue weighted by molar-refractivity contribution is 5.76. The second kappa shape index (κ2) is 28.5. The maximum atomic E-state index is 12.8. The zero-order valence-electron chi connectivity index (χ0n) is 30.0. The van der Waals surface area contributed by atoms with Gasteiger partial charge in [-0.05, 0) is 39.0 Å². The lowest BCUT2D eigenvalue weighted by Gasteiger charge is -2.40. The monoisotopic (exact) mass is 670 g/mol. The van der Waals surface area contributed by atoms with E-state index in [9.17, 15) is 30.3 Å². The lowest BCUT2D eigenvalue weighted by atomic mass is 9.99. The lowest BCUT2D eigenvalue weighted by Crippen LogP contribution is -2.60. The van der Waals surface area contributed by atoms with Gasteiger partial charge < -0.3 is 40.3 Å². The van der Waals surface area contributed by atoms with E-state index in [0.717, 1.165) is 38.5 Å². The number of amides is 1. The van der Waals surface area contributed by atoms with Gasteiger partial charge in [0.1, 0.15) is 24.4 Å². The minimum absolute atomic E-state index is 0.191. The van der Waals surface area contributed by atoms with Crippen molar-refractivity contribution in [2.24, 2.45) is 0 Å². The van der Waals surface area contributed by atoms with E-state index in [2.05, 4.69) is 32.2 Å². The van der Waals surface area contributed by atoms with Gasteiger partial charge in [0.25, 0.3) is 0 Å². The van der Waals surface area contributed by atoms with E-state index in [1.54, 1.807) is 6.08 Å². The molecule has 1 rings (SSSR count). The van der Waals surface area contributed by atoms with E-state index in [0.29, 0.717) is 6.42 Å². The van der Waals surface area contributed by atoms with Crippen LogP contribution < -0.4 is 5.32 Å². The van der Waals surface area contributed by atoms with E-state index in [1.807, 2.05) is 6.08 Å². The van der Waals surface area contributed by atoms with Crippen LogP contribution in [-0.4, -0.2) is 87.5 Å². The number of nitrogens with one attached hydrogen (secondary N) is 1. The van der Waals surface area contributed by atoms with Gasteiger partial charge in [0.15, 0.2) is 6.29 Å². The SMILES string of the molecule is CCCCCCCCCCCCCC(=O)N[C@@H](CO[C@H]1O[C@H](CO)[C@@H](O)[C@H](O)[C@H]1O)[C@H](O)/C=C/CC/C=C(\C)CCCCCCCC. The maximum absolute atomic E-state index is 12.8. The topological polar surface area (TPSA) is 149 Å². The number of hydrogen-bond donors (Lipinski definition) is 6. The number of rotatable bonds is 29. The van der Waals surface area contributed by atoms with Gasteiger partial charge in [-0.2, -0.15) is 0 Å². The Labute approximate surface area is 286 Å². The second-order valence-electron chi connectivity index (χ2n) is 13.6. The fourth-order valence-corrected chi connectivity index (χ4v) is 5.94. The summed E-state index contributed by atoms with van der Waals surface area (Å²) in [5.41, 5.74) is 1.38. The molecule has 0 saturated carbocycles. The van der Waals surface area contributed by atoms with Crippen LogP contribution in [0.1, 0.15) is 156 Å². The van der Waals surface area contributed by atoms with Crippen molar-refractivity contribution in [3.05, 3.63) is 23.8 Å². The fourth-order valence-electron chi connectivity index (χ4n) is 5.94. The molecule has 9 heteroatoms. The molecule has 47 heavy (non-hydrogen) atoms. The Morgan fingerprint density at radius 1 is 0.766 bits per heavy atom. The molecule has 1 amide bonds. The second-order valence-corrected chi connectivity index (χ2v) is 13.6. The first-order chi connectivity index (χ1) is 22.7. The highest BCUT2D eigenvalue weighted by Gasteiger charge is 2.44. The molecule has 1 fully saturated rings. The highest BCUT2D eigenvalue weighted by atomic mass is 16.7. The third-order valence-corrected chi connectivity index (χ3v) is 9.14. The van der Waals surface area contributed by atoms with Gasteiger partial charge in [-0.1, -0.05) is 134 Å². The Bertz CT molecular complexity index is 820. The first-order valence-electron chi connectivity index (χ1n) is 19.0. The summed E-state index contributed by atoms with van der Waals surface area (Å²) >= 11 is 0. The smallest absolute Gasteiger partial charge is 0.220 e. The molecule has 1 heterocycles. The molecule has 1 saturated heterocycles. The van der Waals surface area contributed by atoms with Gasteiger partial charge in [-0.15, -0.1) is 0 Å². The quantitative estimate of drug-likeness (QED) is 0.0397. The summed E-state index contributed by atoms with van der Waals surface area (Å²) in [6.45, 7) is 5.87. The molecule has 6 N–H and O–H groups in total. The Morgan fingerprint density at radius 2 is 1.30 bits per heavy atom. The predicted molar refractivity (Wildman–Crippen MR) is 189 cm³/mol. The molecule has 0 radical (unpaired) electrons. The molecule has 0 aromatic rings. The molecule has 276 valence electrons. The van der Waals surface area contributed by atoms with Crippen LogP contribution >= 0.6 is 0 Å². The number of unbranched alkanes of at least 4 members (excludes halogenated alkanes) is 16. The van der Waals surface area contributed by atoms with E-state index in [-0.39, 0.29) is 12.5 Å². The normalized spacial score (nSPS) is 23.3. The van der Waals surface area contributed by atoms with Crippen LogP contribution in [0, 0.1) is 0 Å². The molecule has 0 bridgehead atoms. The number of aliphatic hydroxyl groups excluding tert-OH is 5. The van der Waals surface area contributed by atoms with E-state index in [4.69, 9.17) is 9.47 Å². The van der Waals surface area contributed by atoms with Crippen molar-refractivity contribution in [1.29, 1.82) is 0 Å². The number of aliphatic hydroxyl groups is 5. The highest BCUT2D eigenvalue weighted by Crippen LogP contribution is 2.22. The Morgan fingerprint density at radius 3 is 1.85 bits per heavy atom. The summed E-state index contributed by atoms with van der Waals surface area (Å²) in [4.78, 5) is 12.8. The van der Waals surface area contributed by atoms with Gasteiger partial charge in [0.05, 0.1) is 25.4 Å². The van der Waals surface area contributed by atoms with Crippen LogP contribution in [0.2, 0.25) is 0 Å². The zero-order valence-corrected chi connectivity index (χ0v) is 30.0. The van der Waals surface area contributed by atoms with Crippen molar-refractivity contribution in [2.45, 2.75) is 198 Å². The molecule has 9 nitrogen and oxygen atoms in total. The summed E-state index contributed by atoms with van der Waals surface area (Å²) in [6, 6.07) is -0.816. The molecule has 0 unspecified atom stereocenters. The molecule has 0 aliphatic carbocycles. The summed E-state index contributed by atoms with van der Waals surface area (Å²) in [5.74, 6) is -0.191. The average molecular weight is 670 g/mol.